The number of thioether (sulfide) groups is 1. The van der Waals surface area contributed by atoms with Gasteiger partial charge in [0.05, 0.1) is 11.4 Å². The van der Waals surface area contributed by atoms with Crippen LogP contribution in [0, 0.1) is 0 Å². The van der Waals surface area contributed by atoms with Crippen LogP contribution in [0.2, 0.25) is 5.02 Å². The first-order chi connectivity index (χ1) is 14.5. The molecule has 154 valence electrons. The number of hydrogen-bond donors (Lipinski definition) is 0. The molecular formula is C22H18ClNO5S. The van der Waals surface area contributed by atoms with Crippen molar-refractivity contribution in [2.24, 2.45) is 0 Å². The van der Waals surface area contributed by atoms with Crippen molar-refractivity contribution in [1.82, 2.24) is 0 Å². The summed E-state index contributed by atoms with van der Waals surface area (Å²) < 4.78 is 10.7. The summed E-state index contributed by atoms with van der Waals surface area (Å²) in [6.07, 6.45) is 0.696. The number of carbonyl (C=O) groups excluding carboxylic acids is 2. The Balaban J connectivity index is 1.53. The maximum absolute atomic E-state index is 12.5. The van der Waals surface area contributed by atoms with Crippen molar-refractivity contribution in [2.45, 2.75) is 24.8 Å². The second-order valence-electron chi connectivity index (χ2n) is 6.78. The Morgan fingerprint density at radius 3 is 2.80 bits per heavy atom. The number of benzene rings is 2. The van der Waals surface area contributed by atoms with Crippen molar-refractivity contribution >= 4 is 51.9 Å². The quantitative estimate of drug-likeness (QED) is 0.434. The van der Waals surface area contributed by atoms with E-state index in [0.717, 1.165) is 10.5 Å². The van der Waals surface area contributed by atoms with Gasteiger partial charge >= 0.3 is 11.6 Å². The lowest BCUT2D eigenvalue weighted by atomic mass is 10.1. The zero-order chi connectivity index (χ0) is 21.3. The lowest BCUT2D eigenvalue weighted by molar-refractivity contribution is -0.144. The molecule has 8 heteroatoms. The molecule has 0 fully saturated rings. The molecule has 1 aliphatic heterocycles. The van der Waals surface area contributed by atoms with Crippen molar-refractivity contribution < 1.29 is 18.7 Å². The Bertz CT molecular complexity index is 1210. The van der Waals surface area contributed by atoms with Gasteiger partial charge in [0.1, 0.15) is 18.7 Å². The monoisotopic (exact) mass is 443 g/mol. The van der Waals surface area contributed by atoms with Gasteiger partial charge in [-0.15, -0.1) is 11.8 Å². The van der Waals surface area contributed by atoms with Crippen LogP contribution in [0.1, 0.15) is 18.1 Å². The number of carbonyl (C=O) groups is 2. The maximum Gasteiger partial charge on any atom is 0.336 e. The van der Waals surface area contributed by atoms with E-state index in [0.29, 0.717) is 33.7 Å². The molecule has 0 N–H and O–H groups in total. The Morgan fingerprint density at radius 1 is 1.20 bits per heavy atom. The molecular weight excluding hydrogens is 426 g/mol. The van der Waals surface area contributed by atoms with Crippen LogP contribution in [-0.4, -0.2) is 24.2 Å². The zero-order valence-corrected chi connectivity index (χ0v) is 17.7. The van der Waals surface area contributed by atoms with Gasteiger partial charge in [-0.25, -0.2) is 4.79 Å². The highest BCUT2D eigenvalue weighted by Gasteiger charge is 2.26. The van der Waals surface area contributed by atoms with E-state index < -0.39 is 11.6 Å². The van der Waals surface area contributed by atoms with E-state index in [9.17, 15) is 14.4 Å². The van der Waals surface area contributed by atoms with E-state index in [1.165, 1.54) is 22.7 Å². The van der Waals surface area contributed by atoms with E-state index in [4.69, 9.17) is 20.8 Å². The molecule has 2 aromatic carbocycles. The predicted molar refractivity (Wildman–Crippen MR) is 116 cm³/mol. The average Bonchev–Trinajstić information content (AvgIpc) is 2.74. The minimum atomic E-state index is -0.567. The number of hydrogen-bond acceptors (Lipinski definition) is 6. The Labute approximate surface area is 181 Å². The van der Waals surface area contributed by atoms with Crippen molar-refractivity contribution in [3.05, 3.63) is 69.0 Å². The van der Waals surface area contributed by atoms with Crippen molar-refractivity contribution in [3.63, 3.8) is 0 Å². The second-order valence-corrected chi connectivity index (χ2v) is 8.21. The van der Waals surface area contributed by atoms with Crippen LogP contribution in [0.5, 0.6) is 0 Å². The lowest BCUT2D eigenvalue weighted by Crippen LogP contribution is -2.39. The highest BCUT2D eigenvalue weighted by Crippen LogP contribution is 2.34. The van der Waals surface area contributed by atoms with Gasteiger partial charge in [0.2, 0.25) is 5.91 Å². The van der Waals surface area contributed by atoms with Gasteiger partial charge in [0.25, 0.3) is 0 Å². The van der Waals surface area contributed by atoms with Crippen LogP contribution in [0.3, 0.4) is 0 Å². The summed E-state index contributed by atoms with van der Waals surface area (Å²) in [4.78, 5) is 39.1. The van der Waals surface area contributed by atoms with Crippen molar-refractivity contribution in [2.75, 3.05) is 17.2 Å². The summed E-state index contributed by atoms with van der Waals surface area (Å²) in [5, 5.41) is 1.17. The fourth-order valence-corrected chi connectivity index (χ4v) is 4.57. The molecule has 0 spiro atoms. The van der Waals surface area contributed by atoms with E-state index >= 15 is 0 Å². The van der Waals surface area contributed by atoms with E-state index in [2.05, 4.69) is 0 Å². The van der Waals surface area contributed by atoms with E-state index in [1.807, 2.05) is 25.1 Å². The summed E-state index contributed by atoms with van der Waals surface area (Å²) in [6.45, 7) is 1.63. The van der Waals surface area contributed by atoms with Gasteiger partial charge < -0.3 is 9.15 Å². The number of aryl methyl sites for hydroxylation is 1. The van der Waals surface area contributed by atoms with Gasteiger partial charge in [-0.3, -0.25) is 14.5 Å². The molecule has 6 nitrogen and oxygen atoms in total. The Morgan fingerprint density at radius 2 is 2.00 bits per heavy atom. The molecule has 1 aliphatic rings. The van der Waals surface area contributed by atoms with Crippen molar-refractivity contribution in [3.8, 4) is 0 Å². The number of para-hydroxylation sites is 1. The van der Waals surface area contributed by atoms with E-state index in [1.54, 1.807) is 18.2 Å². The number of nitrogens with zero attached hydrogens (tertiary/aromatic N) is 1. The molecule has 30 heavy (non-hydrogen) atoms. The molecule has 1 amide bonds. The summed E-state index contributed by atoms with van der Waals surface area (Å²) in [5.41, 5.74) is 1.92. The molecule has 2 heterocycles. The first kappa shape index (κ1) is 20.5. The smallest absolute Gasteiger partial charge is 0.336 e. The van der Waals surface area contributed by atoms with Gasteiger partial charge in [0, 0.05) is 26.9 Å². The summed E-state index contributed by atoms with van der Waals surface area (Å²) in [6, 6.07) is 12.1. The second kappa shape index (κ2) is 8.53. The standard InChI is InChI=1S/C22H18ClNO5S/c1-2-13-7-18-15(9-16(13)23)14(8-21(26)29-18)11-28-22(27)10-24-17-5-3-4-6-19(17)30-12-20(24)25/h3-9H,2,10-12H2,1H3. The molecule has 4 rings (SSSR count). The Kier molecular flexibility index (Phi) is 5.83. The van der Waals surface area contributed by atoms with Crippen LogP contribution >= 0.6 is 23.4 Å². The average molecular weight is 444 g/mol. The fourth-order valence-electron chi connectivity index (χ4n) is 3.34. The maximum atomic E-state index is 12.5. The summed E-state index contributed by atoms with van der Waals surface area (Å²) in [5.74, 6) is -0.449. The number of fused-ring (bicyclic) bond motifs is 2. The van der Waals surface area contributed by atoms with Crippen LogP contribution < -0.4 is 10.5 Å². The number of halogens is 1. The number of amides is 1. The number of anilines is 1. The molecule has 0 aliphatic carbocycles. The van der Waals surface area contributed by atoms with Crippen LogP contribution in [0.15, 0.2) is 56.6 Å². The third kappa shape index (κ3) is 4.08. The highest BCUT2D eigenvalue weighted by atomic mass is 35.5. The normalized spacial score (nSPS) is 13.4. The zero-order valence-electron chi connectivity index (χ0n) is 16.1. The fraction of sp³-hybridized carbons (Fsp3) is 0.227. The minimum Gasteiger partial charge on any atom is -0.459 e. The molecule has 0 atom stereocenters. The molecule has 3 aromatic rings. The topological polar surface area (TPSA) is 76.8 Å². The largest absolute Gasteiger partial charge is 0.459 e. The van der Waals surface area contributed by atoms with Gasteiger partial charge in [-0.1, -0.05) is 30.7 Å². The summed E-state index contributed by atoms with van der Waals surface area (Å²) >= 11 is 7.74. The third-order valence-corrected chi connectivity index (χ3v) is 6.26. The Hall–Kier alpha value is -2.77. The van der Waals surface area contributed by atoms with Crippen molar-refractivity contribution in [1.29, 1.82) is 0 Å². The SMILES string of the molecule is CCc1cc2oc(=O)cc(COC(=O)CN3C(=O)CSc4ccccc43)c2cc1Cl. The summed E-state index contributed by atoms with van der Waals surface area (Å²) in [7, 11) is 0. The molecule has 0 unspecified atom stereocenters. The highest BCUT2D eigenvalue weighted by molar-refractivity contribution is 8.00. The van der Waals surface area contributed by atoms with Gasteiger partial charge in [0.15, 0.2) is 0 Å². The van der Waals surface area contributed by atoms with Gasteiger partial charge in [-0.2, -0.15) is 0 Å². The number of esters is 1. The first-order valence-corrected chi connectivity index (χ1v) is 10.8. The van der Waals surface area contributed by atoms with Crippen LogP contribution in [-0.2, 0) is 27.4 Å². The molecule has 0 bridgehead atoms. The van der Waals surface area contributed by atoms with Gasteiger partial charge in [-0.05, 0) is 36.2 Å². The lowest BCUT2D eigenvalue weighted by Gasteiger charge is -2.27. The van der Waals surface area contributed by atoms with E-state index in [-0.39, 0.29) is 24.8 Å². The number of ether oxygens (including phenoxy) is 1. The molecule has 0 radical (unpaired) electrons. The van der Waals surface area contributed by atoms with Crippen LogP contribution in [0.25, 0.3) is 11.0 Å². The molecule has 1 aromatic heterocycles. The number of rotatable bonds is 5. The first-order valence-electron chi connectivity index (χ1n) is 9.39. The van der Waals surface area contributed by atoms with Crippen LogP contribution in [0.4, 0.5) is 5.69 Å². The molecule has 0 saturated carbocycles. The molecule has 0 saturated heterocycles. The minimum absolute atomic E-state index is 0.124. The third-order valence-electron chi connectivity index (χ3n) is 4.86. The predicted octanol–water partition coefficient (Wildman–Crippen LogP) is 4.19.